The summed E-state index contributed by atoms with van der Waals surface area (Å²) in [6.07, 6.45) is 5.41. The van der Waals surface area contributed by atoms with Crippen LogP contribution in [0.3, 0.4) is 0 Å². The van der Waals surface area contributed by atoms with E-state index in [1.807, 2.05) is 6.07 Å². The third-order valence-electron chi connectivity index (χ3n) is 5.69. The number of hydrogen-bond donors (Lipinski definition) is 1. The molecule has 1 N–H and O–H groups in total. The number of fused-ring (bicyclic) bond motifs is 1. The van der Waals surface area contributed by atoms with Gasteiger partial charge in [-0.15, -0.1) is 0 Å². The summed E-state index contributed by atoms with van der Waals surface area (Å²) in [7, 11) is 0. The average molecular weight is 398 g/mol. The van der Waals surface area contributed by atoms with E-state index in [2.05, 4.69) is 10.3 Å². The first-order valence-corrected chi connectivity index (χ1v) is 9.78. The maximum Gasteiger partial charge on any atom is 0.224 e. The predicted molar refractivity (Wildman–Crippen MR) is 106 cm³/mol. The van der Waals surface area contributed by atoms with Crippen LogP contribution in [0.4, 0.5) is 18.9 Å². The number of benzene rings is 2. The van der Waals surface area contributed by atoms with E-state index in [-0.39, 0.29) is 29.1 Å². The van der Waals surface area contributed by atoms with Gasteiger partial charge in [-0.25, -0.2) is 13.2 Å². The number of pyridine rings is 1. The number of aromatic nitrogens is 1. The summed E-state index contributed by atoms with van der Waals surface area (Å²) >= 11 is 0. The van der Waals surface area contributed by atoms with Gasteiger partial charge >= 0.3 is 0 Å². The average Bonchev–Trinajstić information content (AvgIpc) is 2.70. The van der Waals surface area contributed by atoms with Crippen LogP contribution in [-0.2, 0) is 4.79 Å². The Hall–Kier alpha value is -2.89. The van der Waals surface area contributed by atoms with E-state index in [0.29, 0.717) is 17.5 Å². The highest BCUT2D eigenvalue weighted by Crippen LogP contribution is 2.39. The van der Waals surface area contributed by atoms with Gasteiger partial charge in [0.15, 0.2) is 5.82 Å². The van der Waals surface area contributed by atoms with Crippen molar-refractivity contribution in [2.75, 3.05) is 5.32 Å². The lowest BCUT2D eigenvalue weighted by molar-refractivity contribution is -0.117. The van der Waals surface area contributed by atoms with Crippen molar-refractivity contribution in [1.82, 2.24) is 4.98 Å². The SMILES string of the molecule is O=C(C[C@H]1CC[C@H](c2ccnc3c(F)cc(F)cc32)CC1)Nc1ccc(F)cc1. The summed E-state index contributed by atoms with van der Waals surface area (Å²) in [6.45, 7) is 0. The zero-order chi connectivity index (χ0) is 20.4. The number of amides is 1. The number of nitrogens with one attached hydrogen (secondary N) is 1. The summed E-state index contributed by atoms with van der Waals surface area (Å²) in [5.41, 5.74) is 1.70. The van der Waals surface area contributed by atoms with E-state index in [1.54, 1.807) is 6.20 Å². The molecule has 1 heterocycles. The smallest absolute Gasteiger partial charge is 0.224 e. The third-order valence-corrected chi connectivity index (χ3v) is 5.69. The largest absolute Gasteiger partial charge is 0.326 e. The van der Waals surface area contributed by atoms with Crippen LogP contribution in [0.2, 0.25) is 0 Å². The van der Waals surface area contributed by atoms with Crippen LogP contribution in [0.5, 0.6) is 0 Å². The van der Waals surface area contributed by atoms with Crippen molar-refractivity contribution in [3.05, 3.63) is 71.7 Å². The number of carbonyl (C=O) groups excluding carboxylic acids is 1. The van der Waals surface area contributed by atoms with Gasteiger partial charge in [-0.1, -0.05) is 0 Å². The van der Waals surface area contributed by atoms with Crippen molar-refractivity contribution in [2.45, 2.75) is 38.0 Å². The van der Waals surface area contributed by atoms with Gasteiger partial charge in [-0.3, -0.25) is 9.78 Å². The van der Waals surface area contributed by atoms with Crippen molar-refractivity contribution in [1.29, 1.82) is 0 Å². The molecule has 4 rings (SSSR count). The summed E-state index contributed by atoms with van der Waals surface area (Å²) < 4.78 is 40.7. The molecule has 3 aromatic rings. The van der Waals surface area contributed by atoms with Crippen LogP contribution >= 0.6 is 0 Å². The van der Waals surface area contributed by atoms with Crippen LogP contribution in [0.1, 0.15) is 43.6 Å². The highest BCUT2D eigenvalue weighted by Gasteiger charge is 2.26. The number of carbonyl (C=O) groups is 1. The maximum absolute atomic E-state index is 14.0. The molecule has 1 fully saturated rings. The first-order chi connectivity index (χ1) is 14.0. The zero-order valence-corrected chi connectivity index (χ0v) is 15.8. The minimum atomic E-state index is -0.645. The molecular formula is C23H21F3N2O. The van der Waals surface area contributed by atoms with Crippen LogP contribution in [0, 0.1) is 23.4 Å². The van der Waals surface area contributed by atoms with Gasteiger partial charge < -0.3 is 5.32 Å². The van der Waals surface area contributed by atoms with E-state index in [9.17, 15) is 18.0 Å². The Morgan fingerprint density at radius 1 is 0.966 bits per heavy atom. The third kappa shape index (κ3) is 4.42. The first-order valence-electron chi connectivity index (χ1n) is 9.78. The molecule has 0 radical (unpaired) electrons. The van der Waals surface area contributed by atoms with Crippen LogP contribution < -0.4 is 5.32 Å². The monoisotopic (exact) mass is 398 g/mol. The lowest BCUT2D eigenvalue weighted by Crippen LogP contribution is -2.20. The fourth-order valence-electron chi connectivity index (χ4n) is 4.24. The Morgan fingerprint density at radius 3 is 2.41 bits per heavy atom. The van der Waals surface area contributed by atoms with Crippen molar-refractivity contribution >= 4 is 22.5 Å². The molecule has 0 saturated heterocycles. The van der Waals surface area contributed by atoms with Crippen molar-refractivity contribution in [3.8, 4) is 0 Å². The minimum absolute atomic E-state index is 0.0847. The second-order valence-electron chi connectivity index (χ2n) is 7.66. The zero-order valence-electron chi connectivity index (χ0n) is 15.8. The number of nitrogens with zero attached hydrogens (tertiary/aromatic N) is 1. The standard InChI is InChI=1S/C23H21F3N2O/c24-16-5-7-18(8-6-16)28-22(29)11-14-1-3-15(4-2-14)19-9-10-27-23-20(19)12-17(25)13-21(23)26/h5-10,12-15H,1-4,11H2,(H,28,29)/t14-,15-. The molecule has 6 heteroatoms. The Kier molecular flexibility index (Phi) is 5.51. The lowest BCUT2D eigenvalue weighted by atomic mass is 9.77. The summed E-state index contributed by atoms with van der Waals surface area (Å²) in [6, 6.07) is 9.75. The van der Waals surface area contributed by atoms with Gasteiger partial charge in [0.05, 0.1) is 0 Å². The van der Waals surface area contributed by atoms with E-state index in [0.717, 1.165) is 37.3 Å². The number of anilines is 1. The maximum atomic E-state index is 14.0. The molecule has 1 aliphatic rings. The molecule has 0 spiro atoms. The number of rotatable bonds is 4. The molecule has 0 aliphatic heterocycles. The van der Waals surface area contributed by atoms with Crippen LogP contribution in [-0.4, -0.2) is 10.9 Å². The van der Waals surface area contributed by atoms with Crippen molar-refractivity contribution < 1.29 is 18.0 Å². The first kappa shape index (κ1) is 19.4. The molecule has 3 nitrogen and oxygen atoms in total. The fourth-order valence-corrected chi connectivity index (χ4v) is 4.24. The highest BCUT2D eigenvalue weighted by molar-refractivity contribution is 5.90. The Labute approximate surface area is 167 Å². The van der Waals surface area contributed by atoms with Crippen LogP contribution in [0.15, 0.2) is 48.7 Å². The van der Waals surface area contributed by atoms with E-state index >= 15 is 0 Å². The number of hydrogen-bond acceptors (Lipinski definition) is 2. The van der Waals surface area contributed by atoms with Crippen molar-refractivity contribution in [3.63, 3.8) is 0 Å². The van der Waals surface area contributed by atoms with Gasteiger partial charge in [0.2, 0.25) is 5.91 Å². The second-order valence-corrected chi connectivity index (χ2v) is 7.66. The molecule has 1 amide bonds. The van der Waals surface area contributed by atoms with E-state index < -0.39 is 11.6 Å². The van der Waals surface area contributed by atoms with Crippen molar-refractivity contribution in [2.24, 2.45) is 5.92 Å². The lowest BCUT2D eigenvalue weighted by Gasteiger charge is -2.29. The molecule has 0 bridgehead atoms. The topological polar surface area (TPSA) is 42.0 Å². The molecule has 2 aromatic carbocycles. The Bertz CT molecular complexity index is 1030. The molecule has 1 aliphatic carbocycles. The van der Waals surface area contributed by atoms with Gasteiger partial charge in [-0.05, 0) is 79.5 Å². The molecule has 29 heavy (non-hydrogen) atoms. The van der Waals surface area contributed by atoms with E-state index in [1.165, 1.54) is 30.3 Å². The van der Waals surface area contributed by atoms with Gasteiger partial charge in [0.1, 0.15) is 17.2 Å². The molecule has 150 valence electrons. The highest BCUT2D eigenvalue weighted by atomic mass is 19.1. The molecule has 0 atom stereocenters. The number of halogens is 3. The molecule has 1 aromatic heterocycles. The van der Waals surface area contributed by atoms with E-state index in [4.69, 9.17) is 0 Å². The molecule has 0 unspecified atom stereocenters. The minimum Gasteiger partial charge on any atom is -0.326 e. The molecular weight excluding hydrogens is 377 g/mol. The Morgan fingerprint density at radius 2 is 1.69 bits per heavy atom. The molecule has 1 saturated carbocycles. The predicted octanol–water partition coefficient (Wildman–Crippen LogP) is 5.95. The van der Waals surface area contributed by atoms with Gasteiger partial charge in [0.25, 0.3) is 0 Å². The van der Waals surface area contributed by atoms with Crippen LogP contribution in [0.25, 0.3) is 10.9 Å². The van der Waals surface area contributed by atoms with Gasteiger partial charge in [-0.2, -0.15) is 0 Å². The summed E-state index contributed by atoms with van der Waals surface area (Å²) in [4.78, 5) is 16.3. The fraction of sp³-hybridized carbons (Fsp3) is 0.304. The quantitative estimate of drug-likeness (QED) is 0.590. The summed E-state index contributed by atoms with van der Waals surface area (Å²) in [5.74, 6) is -1.22. The normalized spacial score (nSPS) is 19.3. The summed E-state index contributed by atoms with van der Waals surface area (Å²) in [5, 5.41) is 3.33. The Balaban J connectivity index is 1.39. The van der Waals surface area contributed by atoms with Gasteiger partial charge in [0, 0.05) is 29.8 Å². The second kappa shape index (κ2) is 8.23.